The second-order valence-electron chi connectivity index (χ2n) is 3.77. The van der Waals surface area contributed by atoms with Gasteiger partial charge in [0.05, 0.1) is 6.61 Å². The van der Waals surface area contributed by atoms with E-state index in [4.69, 9.17) is 0 Å². The second-order valence-corrected chi connectivity index (χ2v) is 3.77. The quantitative estimate of drug-likeness (QED) is 0.790. The Balaban J connectivity index is 0. The fourth-order valence-corrected chi connectivity index (χ4v) is 1.08. The molecule has 4 nitrogen and oxygen atoms in total. The number of hydrogen-bond donors (Lipinski definition) is 1. The van der Waals surface area contributed by atoms with Crippen LogP contribution in [0.1, 0.15) is 53.9 Å². The summed E-state index contributed by atoms with van der Waals surface area (Å²) in [5, 5.41) is 3.18. The van der Waals surface area contributed by atoms with Crippen molar-refractivity contribution in [2.75, 3.05) is 13.2 Å². The molecule has 106 valence electrons. The standard InChI is InChI=1S/C5H9N.C5H10O.C4H8O2/c1-5-3-2-4-6-5;1-3-5(6)4-2;1-3-6-4(2)5/h3,6H,2,4H2,1H3;3-4H2,1-2H3;3H2,1-2H3. The van der Waals surface area contributed by atoms with Crippen LogP contribution in [0.4, 0.5) is 0 Å². The lowest BCUT2D eigenvalue weighted by Crippen LogP contribution is -2.03. The molecule has 0 radical (unpaired) electrons. The zero-order chi connectivity index (χ0) is 14.4. The van der Waals surface area contributed by atoms with Crippen molar-refractivity contribution in [1.29, 1.82) is 0 Å². The Morgan fingerprint density at radius 2 is 1.83 bits per heavy atom. The van der Waals surface area contributed by atoms with Crippen LogP contribution in [-0.4, -0.2) is 24.9 Å². The number of hydrogen-bond acceptors (Lipinski definition) is 4. The maximum absolute atomic E-state index is 10.2. The summed E-state index contributed by atoms with van der Waals surface area (Å²) in [7, 11) is 0. The smallest absolute Gasteiger partial charge is 0.302 e. The Hall–Kier alpha value is -1.32. The van der Waals surface area contributed by atoms with E-state index in [1.54, 1.807) is 6.92 Å². The van der Waals surface area contributed by atoms with Crippen molar-refractivity contribution in [3.8, 4) is 0 Å². The summed E-state index contributed by atoms with van der Waals surface area (Å²) in [6, 6.07) is 0. The van der Waals surface area contributed by atoms with E-state index in [1.165, 1.54) is 19.0 Å². The molecule has 0 atom stereocenters. The van der Waals surface area contributed by atoms with Crippen molar-refractivity contribution < 1.29 is 14.3 Å². The molecule has 0 saturated heterocycles. The number of rotatable bonds is 3. The minimum Gasteiger partial charge on any atom is -0.466 e. The lowest BCUT2D eigenvalue weighted by molar-refractivity contribution is -0.140. The van der Waals surface area contributed by atoms with Gasteiger partial charge in [0, 0.05) is 32.0 Å². The number of nitrogens with one attached hydrogen (secondary N) is 1. The molecule has 0 fully saturated rings. The number of carbonyl (C=O) groups is 2. The van der Waals surface area contributed by atoms with E-state index < -0.39 is 0 Å². The van der Waals surface area contributed by atoms with Crippen LogP contribution in [0.5, 0.6) is 0 Å². The maximum atomic E-state index is 10.2. The molecule has 1 aliphatic rings. The van der Waals surface area contributed by atoms with E-state index in [0.29, 0.717) is 25.2 Å². The average Bonchev–Trinajstić information content (AvgIpc) is 2.80. The number of ketones is 1. The van der Waals surface area contributed by atoms with Crippen molar-refractivity contribution in [2.45, 2.75) is 53.9 Å². The largest absolute Gasteiger partial charge is 0.466 e. The van der Waals surface area contributed by atoms with E-state index in [2.05, 4.69) is 23.1 Å². The second kappa shape index (κ2) is 13.7. The molecule has 1 N–H and O–H groups in total. The van der Waals surface area contributed by atoms with Gasteiger partial charge < -0.3 is 10.1 Å². The van der Waals surface area contributed by atoms with Gasteiger partial charge in [0.25, 0.3) is 0 Å². The molecule has 0 aromatic carbocycles. The van der Waals surface area contributed by atoms with Crippen molar-refractivity contribution in [2.24, 2.45) is 0 Å². The van der Waals surface area contributed by atoms with Crippen molar-refractivity contribution in [1.82, 2.24) is 5.32 Å². The summed E-state index contributed by atoms with van der Waals surface area (Å²) in [6.45, 7) is 10.6. The van der Waals surface area contributed by atoms with Crippen LogP contribution in [0.25, 0.3) is 0 Å². The van der Waals surface area contributed by atoms with Gasteiger partial charge >= 0.3 is 5.97 Å². The zero-order valence-corrected chi connectivity index (χ0v) is 12.3. The normalized spacial score (nSPS) is 11.9. The highest BCUT2D eigenvalue weighted by Crippen LogP contribution is 1.96. The monoisotopic (exact) mass is 257 g/mol. The molecule has 18 heavy (non-hydrogen) atoms. The molecule has 0 bridgehead atoms. The third-order valence-electron chi connectivity index (χ3n) is 2.13. The first kappa shape index (κ1) is 19.0. The number of allylic oxidation sites excluding steroid dienone is 1. The van der Waals surface area contributed by atoms with Gasteiger partial charge in [-0.3, -0.25) is 9.59 Å². The Bertz CT molecular complexity index is 254. The van der Waals surface area contributed by atoms with E-state index in [9.17, 15) is 9.59 Å². The van der Waals surface area contributed by atoms with Crippen molar-refractivity contribution in [3.63, 3.8) is 0 Å². The van der Waals surface area contributed by atoms with Crippen LogP contribution >= 0.6 is 0 Å². The van der Waals surface area contributed by atoms with E-state index in [1.807, 2.05) is 13.8 Å². The average molecular weight is 257 g/mol. The number of carbonyl (C=O) groups excluding carboxylic acids is 2. The van der Waals surface area contributed by atoms with Gasteiger partial charge in [0.1, 0.15) is 5.78 Å². The Labute approximate surface area is 111 Å². The molecule has 0 aromatic heterocycles. The van der Waals surface area contributed by atoms with Gasteiger partial charge in [-0.05, 0) is 20.3 Å². The minimum atomic E-state index is -0.211. The molecule has 1 heterocycles. The first-order valence-corrected chi connectivity index (χ1v) is 6.53. The lowest BCUT2D eigenvalue weighted by Gasteiger charge is -1.89. The number of Topliss-reactive ketones (excluding diaryl/α,β-unsaturated/α-hetero) is 1. The minimum absolute atomic E-state index is 0.211. The highest BCUT2D eigenvalue weighted by atomic mass is 16.5. The molecule has 0 spiro atoms. The van der Waals surface area contributed by atoms with Gasteiger partial charge in [0.15, 0.2) is 0 Å². The van der Waals surface area contributed by atoms with Crippen LogP contribution in [0, 0.1) is 0 Å². The van der Waals surface area contributed by atoms with Gasteiger partial charge in [0.2, 0.25) is 0 Å². The first-order chi connectivity index (χ1) is 8.47. The molecular formula is C14H27NO3. The molecule has 0 amide bonds. The number of esters is 1. The van der Waals surface area contributed by atoms with Gasteiger partial charge in [-0.15, -0.1) is 0 Å². The molecule has 4 heteroatoms. The molecule has 0 aromatic rings. The third kappa shape index (κ3) is 17.1. The topological polar surface area (TPSA) is 55.4 Å². The summed E-state index contributed by atoms with van der Waals surface area (Å²) in [5.74, 6) is 0.132. The third-order valence-corrected chi connectivity index (χ3v) is 2.13. The van der Waals surface area contributed by atoms with Crippen molar-refractivity contribution >= 4 is 11.8 Å². The van der Waals surface area contributed by atoms with E-state index in [-0.39, 0.29) is 5.97 Å². The summed E-state index contributed by atoms with van der Waals surface area (Å²) < 4.78 is 4.40. The summed E-state index contributed by atoms with van der Waals surface area (Å²) >= 11 is 0. The fraction of sp³-hybridized carbons (Fsp3) is 0.714. The highest BCUT2D eigenvalue weighted by molar-refractivity contribution is 5.77. The lowest BCUT2D eigenvalue weighted by atomic mass is 10.3. The van der Waals surface area contributed by atoms with Crippen LogP contribution in [0.2, 0.25) is 0 Å². The van der Waals surface area contributed by atoms with Crippen LogP contribution in [0.15, 0.2) is 11.8 Å². The predicted molar refractivity (Wildman–Crippen MR) is 74.3 cm³/mol. The van der Waals surface area contributed by atoms with E-state index in [0.717, 1.165) is 6.54 Å². The van der Waals surface area contributed by atoms with Crippen LogP contribution < -0.4 is 5.32 Å². The van der Waals surface area contributed by atoms with E-state index >= 15 is 0 Å². The highest BCUT2D eigenvalue weighted by Gasteiger charge is 1.92. The zero-order valence-electron chi connectivity index (χ0n) is 12.3. The van der Waals surface area contributed by atoms with Gasteiger partial charge in [-0.2, -0.15) is 0 Å². The SMILES string of the molecule is CC1=CCCN1.CCC(=O)CC.CCOC(C)=O. The Morgan fingerprint density at radius 1 is 1.28 bits per heavy atom. The van der Waals surface area contributed by atoms with Crippen LogP contribution in [-0.2, 0) is 14.3 Å². The number of ether oxygens (including phenoxy) is 1. The summed E-state index contributed by atoms with van der Waals surface area (Å²) in [6.07, 6.45) is 4.80. The van der Waals surface area contributed by atoms with Gasteiger partial charge in [-0.1, -0.05) is 19.9 Å². The first-order valence-electron chi connectivity index (χ1n) is 6.53. The molecule has 1 aliphatic heterocycles. The molecule has 0 unspecified atom stereocenters. The maximum Gasteiger partial charge on any atom is 0.302 e. The fourth-order valence-electron chi connectivity index (χ4n) is 1.08. The molecule has 1 rings (SSSR count). The molecule has 0 aliphatic carbocycles. The summed E-state index contributed by atoms with van der Waals surface area (Å²) in [4.78, 5) is 20.0. The molecule has 0 saturated carbocycles. The van der Waals surface area contributed by atoms with Gasteiger partial charge in [-0.25, -0.2) is 0 Å². The Kier molecular flexibility index (Phi) is 14.5. The Morgan fingerprint density at radius 3 is 1.89 bits per heavy atom. The van der Waals surface area contributed by atoms with Crippen molar-refractivity contribution in [3.05, 3.63) is 11.8 Å². The summed E-state index contributed by atoms with van der Waals surface area (Å²) in [5.41, 5.74) is 1.33. The molecular weight excluding hydrogens is 230 g/mol. The van der Waals surface area contributed by atoms with Crippen LogP contribution in [0.3, 0.4) is 0 Å². The predicted octanol–water partition coefficient (Wildman–Crippen LogP) is 2.83.